The van der Waals surface area contributed by atoms with Gasteiger partial charge in [0.25, 0.3) is 11.8 Å². The van der Waals surface area contributed by atoms with Gasteiger partial charge in [-0.2, -0.15) is 0 Å². The maximum atomic E-state index is 13.5. The van der Waals surface area contributed by atoms with Gasteiger partial charge in [0, 0.05) is 0 Å². The molecule has 5 heteroatoms. The molecule has 1 aliphatic carbocycles. The van der Waals surface area contributed by atoms with Crippen LogP contribution in [-0.2, 0) is 4.74 Å². The molecule has 0 aromatic rings. The molecule has 0 aromatic carbocycles. The van der Waals surface area contributed by atoms with Crippen LogP contribution < -0.4 is 0 Å². The molecular formula is C11H18F4O. The first-order valence-electron chi connectivity index (χ1n) is 5.49. The molecule has 96 valence electrons. The maximum Gasteiger partial charge on any atom is 0.267 e. The second kappa shape index (κ2) is 4.17. The van der Waals surface area contributed by atoms with Crippen molar-refractivity contribution in [1.29, 1.82) is 0 Å². The molecule has 0 aliphatic heterocycles. The summed E-state index contributed by atoms with van der Waals surface area (Å²) in [5.74, 6) is -11.2. The molecule has 0 spiro atoms. The molecule has 1 fully saturated rings. The van der Waals surface area contributed by atoms with Crippen molar-refractivity contribution in [1.82, 2.24) is 0 Å². The normalized spacial score (nSPS) is 31.9. The number of alkyl halides is 4. The van der Waals surface area contributed by atoms with Crippen molar-refractivity contribution in [3.8, 4) is 0 Å². The molecule has 1 rings (SSSR count). The molecule has 16 heavy (non-hydrogen) atoms. The fourth-order valence-electron chi connectivity index (χ4n) is 2.25. The summed E-state index contributed by atoms with van der Waals surface area (Å²) in [5, 5.41) is 0. The highest BCUT2D eigenvalue weighted by Crippen LogP contribution is 2.61. The average Bonchev–Trinajstić information content (AvgIpc) is 1.98. The minimum atomic E-state index is -3.33. The number of halogens is 4. The van der Waals surface area contributed by atoms with Crippen molar-refractivity contribution in [3.05, 3.63) is 0 Å². The van der Waals surface area contributed by atoms with Crippen molar-refractivity contribution >= 4 is 0 Å². The highest BCUT2D eigenvalue weighted by molar-refractivity contribution is 5.10. The first-order chi connectivity index (χ1) is 7.11. The number of ether oxygens (including phenoxy) is 1. The van der Waals surface area contributed by atoms with E-state index in [4.69, 9.17) is 4.74 Å². The predicted molar refractivity (Wildman–Crippen MR) is 52.8 cm³/mol. The lowest BCUT2D eigenvalue weighted by Crippen LogP contribution is -2.68. The van der Waals surface area contributed by atoms with Gasteiger partial charge in [0.1, 0.15) is 5.92 Å². The summed E-state index contributed by atoms with van der Waals surface area (Å²) in [7, 11) is 0. The molecule has 0 aromatic heterocycles. The Bertz CT molecular complexity index is 234. The fourth-order valence-corrected chi connectivity index (χ4v) is 2.25. The van der Waals surface area contributed by atoms with E-state index in [2.05, 4.69) is 0 Å². The Morgan fingerprint density at radius 1 is 1.00 bits per heavy atom. The average molecular weight is 242 g/mol. The van der Waals surface area contributed by atoms with Crippen LogP contribution in [0.15, 0.2) is 0 Å². The fraction of sp³-hybridized carbons (Fsp3) is 1.00. The Kier molecular flexibility index (Phi) is 3.58. The third kappa shape index (κ3) is 2.06. The number of hydrogen-bond donors (Lipinski definition) is 0. The highest BCUT2D eigenvalue weighted by atomic mass is 19.3. The largest absolute Gasteiger partial charge is 0.378 e. The number of rotatable bonds is 4. The predicted octanol–water partition coefficient (Wildman–Crippen LogP) is 3.58. The summed E-state index contributed by atoms with van der Waals surface area (Å²) in [4.78, 5) is 0. The smallest absolute Gasteiger partial charge is 0.267 e. The molecule has 0 unspecified atom stereocenters. The van der Waals surface area contributed by atoms with Crippen molar-refractivity contribution in [2.45, 2.75) is 45.6 Å². The van der Waals surface area contributed by atoms with E-state index in [1.165, 1.54) is 13.8 Å². The van der Waals surface area contributed by atoms with Gasteiger partial charge in [-0.25, -0.2) is 17.6 Å². The quantitative estimate of drug-likeness (QED) is 0.684. The SMILES string of the molecule is CC(C)OCC1C(F)(F)C(C(C)C)C1(F)F. The molecule has 1 saturated carbocycles. The van der Waals surface area contributed by atoms with Gasteiger partial charge < -0.3 is 4.74 Å². The van der Waals surface area contributed by atoms with Crippen LogP contribution in [-0.4, -0.2) is 24.6 Å². The molecule has 1 aliphatic rings. The van der Waals surface area contributed by atoms with Gasteiger partial charge in [0.15, 0.2) is 0 Å². The zero-order chi connectivity index (χ0) is 12.7. The van der Waals surface area contributed by atoms with E-state index >= 15 is 0 Å². The van der Waals surface area contributed by atoms with Crippen molar-refractivity contribution in [2.75, 3.05) is 6.61 Å². The summed E-state index contributed by atoms with van der Waals surface area (Å²) < 4.78 is 58.9. The molecule has 0 amide bonds. The summed E-state index contributed by atoms with van der Waals surface area (Å²) in [5.41, 5.74) is 0. The van der Waals surface area contributed by atoms with E-state index in [9.17, 15) is 17.6 Å². The Morgan fingerprint density at radius 2 is 1.44 bits per heavy atom. The van der Waals surface area contributed by atoms with Crippen LogP contribution in [0.4, 0.5) is 17.6 Å². The van der Waals surface area contributed by atoms with E-state index < -0.39 is 36.2 Å². The maximum absolute atomic E-state index is 13.5. The lowest BCUT2D eigenvalue weighted by atomic mass is 9.62. The van der Waals surface area contributed by atoms with Crippen LogP contribution in [0.25, 0.3) is 0 Å². The minimum absolute atomic E-state index is 0.315. The lowest BCUT2D eigenvalue weighted by molar-refractivity contribution is -0.356. The third-order valence-electron chi connectivity index (χ3n) is 3.02. The zero-order valence-electron chi connectivity index (χ0n) is 9.94. The zero-order valence-corrected chi connectivity index (χ0v) is 9.94. The summed E-state index contributed by atoms with van der Waals surface area (Å²) in [6, 6.07) is 0. The van der Waals surface area contributed by atoms with Crippen LogP contribution in [0.1, 0.15) is 27.7 Å². The Labute approximate surface area is 93.2 Å². The molecule has 0 heterocycles. The van der Waals surface area contributed by atoms with Crippen molar-refractivity contribution in [3.63, 3.8) is 0 Å². The summed E-state index contributed by atoms with van der Waals surface area (Å²) >= 11 is 0. The van der Waals surface area contributed by atoms with Crippen molar-refractivity contribution in [2.24, 2.45) is 17.8 Å². The molecule has 0 bridgehead atoms. The highest BCUT2D eigenvalue weighted by Gasteiger charge is 2.76. The topological polar surface area (TPSA) is 9.23 Å². The van der Waals surface area contributed by atoms with Crippen LogP contribution in [0.5, 0.6) is 0 Å². The van der Waals surface area contributed by atoms with E-state index in [0.29, 0.717) is 0 Å². The first kappa shape index (κ1) is 13.7. The van der Waals surface area contributed by atoms with Crippen LogP contribution in [0.3, 0.4) is 0 Å². The molecule has 0 saturated heterocycles. The first-order valence-corrected chi connectivity index (χ1v) is 5.49. The molecule has 1 nitrogen and oxygen atoms in total. The van der Waals surface area contributed by atoms with Gasteiger partial charge in [0.2, 0.25) is 0 Å². The van der Waals surface area contributed by atoms with E-state index in [1.54, 1.807) is 13.8 Å². The third-order valence-corrected chi connectivity index (χ3v) is 3.02. The summed E-state index contributed by atoms with van der Waals surface area (Å²) in [6.45, 7) is 5.47. The second-order valence-electron chi connectivity index (χ2n) is 5.01. The second-order valence-corrected chi connectivity index (χ2v) is 5.01. The van der Waals surface area contributed by atoms with E-state index in [1.807, 2.05) is 0 Å². The minimum Gasteiger partial charge on any atom is -0.378 e. The Hall–Kier alpha value is -0.320. The summed E-state index contributed by atoms with van der Waals surface area (Å²) in [6.07, 6.45) is -0.315. The van der Waals surface area contributed by atoms with Crippen LogP contribution in [0.2, 0.25) is 0 Å². The monoisotopic (exact) mass is 242 g/mol. The van der Waals surface area contributed by atoms with Crippen LogP contribution >= 0.6 is 0 Å². The van der Waals surface area contributed by atoms with Gasteiger partial charge in [0.05, 0.1) is 18.6 Å². The molecular weight excluding hydrogens is 224 g/mol. The molecule has 0 atom stereocenters. The van der Waals surface area contributed by atoms with Crippen LogP contribution in [0, 0.1) is 17.8 Å². The Balaban J connectivity index is 2.73. The van der Waals surface area contributed by atoms with E-state index in [0.717, 1.165) is 0 Å². The Morgan fingerprint density at radius 3 is 1.75 bits per heavy atom. The van der Waals surface area contributed by atoms with E-state index in [-0.39, 0.29) is 6.10 Å². The van der Waals surface area contributed by atoms with Gasteiger partial charge in [-0.05, 0) is 19.8 Å². The standard InChI is InChI=1S/C11H18F4O/c1-6(2)9-10(12,13)8(11(9,14)15)5-16-7(3)4/h6-9H,5H2,1-4H3. The van der Waals surface area contributed by atoms with Gasteiger partial charge in [-0.15, -0.1) is 0 Å². The van der Waals surface area contributed by atoms with Gasteiger partial charge in [-0.1, -0.05) is 13.8 Å². The van der Waals surface area contributed by atoms with Crippen molar-refractivity contribution < 1.29 is 22.3 Å². The van der Waals surface area contributed by atoms with Gasteiger partial charge >= 0.3 is 0 Å². The van der Waals surface area contributed by atoms with Gasteiger partial charge in [-0.3, -0.25) is 0 Å². The lowest BCUT2D eigenvalue weighted by Gasteiger charge is -2.52. The molecule has 0 N–H and O–H groups in total. The number of hydrogen-bond acceptors (Lipinski definition) is 1. The molecule has 0 radical (unpaired) electrons.